The van der Waals surface area contributed by atoms with Gasteiger partial charge in [0.05, 0.1) is 13.7 Å². The van der Waals surface area contributed by atoms with Crippen molar-refractivity contribution in [2.24, 2.45) is 0 Å². The Labute approximate surface area is 75.5 Å². The summed E-state index contributed by atoms with van der Waals surface area (Å²) in [5, 5.41) is 11.5. The molecule has 0 saturated carbocycles. The van der Waals surface area contributed by atoms with E-state index in [-0.39, 0.29) is 6.54 Å². The van der Waals surface area contributed by atoms with Gasteiger partial charge in [0, 0.05) is 13.1 Å². The van der Waals surface area contributed by atoms with Crippen molar-refractivity contribution in [1.82, 2.24) is 10.2 Å². The number of methoxy groups -OCH3 is 1. The monoisotopic (exact) mass is 188 g/mol. The number of ether oxygens (including phenoxy) is 1. The lowest BCUT2D eigenvalue weighted by Crippen LogP contribution is -2.55. The smallest absolute Gasteiger partial charge is 0.407 e. The molecule has 6 nitrogen and oxygen atoms in total. The molecule has 0 aromatic heterocycles. The molecule has 1 aliphatic rings. The Bertz CT molecular complexity index is 219. The van der Waals surface area contributed by atoms with Gasteiger partial charge in [-0.3, -0.25) is 4.79 Å². The zero-order valence-electron chi connectivity index (χ0n) is 7.32. The number of piperazine rings is 1. The first-order valence-corrected chi connectivity index (χ1v) is 3.94. The van der Waals surface area contributed by atoms with E-state index in [0.717, 1.165) is 0 Å². The van der Waals surface area contributed by atoms with Crippen LogP contribution in [0, 0.1) is 0 Å². The summed E-state index contributed by atoms with van der Waals surface area (Å²) in [6.07, 6.45) is -1.00. The molecular formula is C7H12N2O4. The van der Waals surface area contributed by atoms with E-state index in [0.29, 0.717) is 13.1 Å². The molecular weight excluding hydrogens is 176 g/mol. The lowest BCUT2D eigenvalue weighted by atomic mass is 10.2. The van der Waals surface area contributed by atoms with Crippen LogP contribution in [0.2, 0.25) is 0 Å². The molecule has 1 heterocycles. The van der Waals surface area contributed by atoms with Crippen LogP contribution in [0.5, 0.6) is 0 Å². The van der Waals surface area contributed by atoms with Gasteiger partial charge in [-0.2, -0.15) is 0 Å². The topological polar surface area (TPSA) is 78.9 Å². The van der Waals surface area contributed by atoms with Crippen molar-refractivity contribution < 1.29 is 19.4 Å². The second-order valence-corrected chi connectivity index (χ2v) is 2.76. The van der Waals surface area contributed by atoms with Crippen LogP contribution in [0.4, 0.5) is 4.79 Å². The number of carboxylic acid groups (broad SMARTS) is 1. The van der Waals surface area contributed by atoms with Gasteiger partial charge in [-0.15, -0.1) is 0 Å². The van der Waals surface area contributed by atoms with Gasteiger partial charge in [0.2, 0.25) is 0 Å². The van der Waals surface area contributed by atoms with Crippen molar-refractivity contribution >= 4 is 12.1 Å². The number of hydrogen-bond donors (Lipinski definition) is 2. The lowest BCUT2D eigenvalue weighted by Gasteiger charge is -2.29. The molecule has 0 aromatic carbocycles. The van der Waals surface area contributed by atoms with Gasteiger partial charge in [-0.25, -0.2) is 4.79 Å². The van der Waals surface area contributed by atoms with E-state index in [1.165, 1.54) is 12.0 Å². The third-order valence-electron chi connectivity index (χ3n) is 1.93. The molecule has 0 radical (unpaired) electrons. The van der Waals surface area contributed by atoms with Crippen LogP contribution in [-0.4, -0.2) is 54.9 Å². The Morgan fingerprint density at radius 3 is 2.85 bits per heavy atom. The molecule has 0 unspecified atom stereocenters. The molecule has 1 fully saturated rings. The maximum absolute atomic E-state index is 11.0. The average molecular weight is 188 g/mol. The fourth-order valence-electron chi connectivity index (χ4n) is 1.22. The molecule has 0 aliphatic carbocycles. The van der Waals surface area contributed by atoms with E-state index in [1.807, 2.05) is 0 Å². The number of esters is 1. The number of carbonyl (C=O) groups is 2. The second kappa shape index (κ2) is 4.08. The van der Waals surface area contributed by atoms with Crippen molar-refractivity contribution in [3.8, 4) is 0 Å². The first-order valence-electron chi connectivity index (χ1n) is 3.94. The third-order valence-corrected chi connectivity index (χ3v) is 1.93. The van der Waals surface area contributed by atoms with Crippen LogP contribution in [0.1, 0.15) is 0 Å². The summed E-state index contributed by atoms with van der Waals surface area (Å²) in [5.74, 6) is -0.425. The van der Waals surface area contributed by atoms with Gasteiger partial charge in [0.15, 0.2) is 0 Å². The normalized spacial score (nSPS) is 22.5. The van der Waals surface area contributed by atoms with Crippen LogP contribution in [-0.2, 0) is 9.53 Å². The van der Waals surface area contributed by atoms with E-state index < -0.39 is 18.1 Å². The predicted molar refractivity (Wildman–Crippen MR) is 43.4 cm³/mol. The predicted octanol–water partition coefficient (Wildman–Crippen LogP) is -0.889. The first kappa shape index (κ1) is 9.79. The quantitative estimate of drug-likeness (QED) is 0.522. The van der Waals surface area contributed by atoms with Crippen LogP contribution >= 0.6 is 0 Å². The summed E-state index contributed by atoms with van der Waals surface area (Å²) in [4.78, 5) is 22.8. The minimum atomic E-state index is -1.00. The molecule has 0 aromatic rings. The van der Waals surface area contributed by atoms with E-state index in [4.69, 9.17) is 5.11 Å². The Morgan fingerprint density at radius 2 is 2.31 bits per heavy atom. The van der Waals surface area contributed by atoms with Crippen molar-refractivity contribution in [2.45, 2.75) is 6.04 Å². The average Bonchev–Trinajstić information content (AvgIpc) is 2.17. The molecule has 1 amide bonds. The minimum absolute atomic E-state index is 0.155. The van der Waals surface area contributed by atoms with E-state index >= 15 is 0 Å². The van der Waals surface area contributed by atoms with Gasteiger partial charge in [0.1, 0.15) is 6.04 Å². The van der Waals surface area contributed by atoms with E-state index in [1.54, 1.807) is 0 Å². The van der Waals surface area contributed by atoms with Crippen LogP contribution in [0.25, 0.3) is 0 Å². The number of rotatable bonds is 1. The Hall–Kier alpha value is -1.30. The highest BCUT2D eigenvalue weighted by atomic mass is 16.5. The molecule has 13 heavy (non-hydrogen) atoms. The molecule has 74 valence electrons. The maximum Gasteiger partial charge on any atom is 0.407 e. The van der Waals surface area contributed by atoms with Crippen molar-refractivity contribution in [1.29, 1.82) is 0 Å². The fourth-order valence-corrected chi connectivity index (χ4v) is 1.22. The molecule has 0 spiro atoms. The van der Waals surface area contributed by atoms with Crippen molar-refractivity contribution in [2.75, 3.05) is 26.7 Å². The largest absolute Gasteiger partial charge is 0.468 e. The van der Waals surface area contributed by atoms with Crippen molar-refractivity contribution in [3.05, 3.63) is 0 Å². The Balaban J connectivity index is 2.51. The summed E-state index contributed by atoms with van der Waals surface area (Å²) in [7, 11) is 1.28. The minimum Gasteiger partial charge on any atom is -0.468 e. The number of nitrogens with one attached hydrogen (secondary N) is 1. The van der Waals surface area contributed by atoms with Gasteiger partial charge >= 0.3 is 12.1 Å². The molecule has 2 N–H and O–H groups in total. The third kappa shape index (κ3) is 2.32. The summed E-state index contributed by atoms with van der Waals surface area (Å²) < 4.78 is 4.50. The Kier molecular flexibility index (Phi) is 3.07. The zero-order chi connectivity index (χ0) is 9.84. The first-order chi connectivity index (χ1) is 6.15. The van der Waals surface area contributed by atoms with E-state index in [2.05, 4.69) is 10.1 Å². The Morgan fingerprint density at radius 1 is 1.62 bits per heavy atom. The molecule has 1 rings (SSSR count). The number of amides is 1. The van der Waals surface area contributed by atoms with Gasteiger partial charge in [-0.1, -0.05) is 0 Å². The number of carbonyl (C=O) groups excluding carboxylic acids is 1. The number of hydrogen-bond acceptors (Lipinski definition) is 4. The zero-order valence-corrected chi connectivity index (χ0v) is 7.32. The lowest BCUT2D eigenvalue weighted by molar-refractivity contribution is -0.144. The summed E-state index contributed by atoms with van der Waals surface area (Å²) in [6, 6.07) is -0.533. The summed E-state index contributed by atoms with van der Waals surface area (Å²) in [5.41, 5.74) is 0. The molecule has 1 atom stereocenters. The van der Waals surface area contributed by atoms with Gasteiger partial charge < -0.3 is 20.1 Å². The highest BCUT2D eigenvalue weighted by molar-refractivity contribution is 5.77. The molecule has 0 bridgehead atoms. The van der Waals surface area contributed by atoms with Crippen LogP contribution < -0.4 is 5.32 Å². The SMILES string of the molecule is COC(=O)[C@@H]1CN(C(=O)O)CCN1. The van der Waals surface area contributed by atoms with Crippen LogP contribution in [0.15, 0.2) is 0 Å². The van der Waals surface area contributed by atoms with E-state index in [9.17, 15) is 9.59 Å². The summed E-state index contributed by atoms with van der Waals surface area (Å²) >= 11 is 0. The van der Waals surface area contributed by atoms with Crippen molar-refractivity contribution in [3.63, 3.8) is 0 Å². The molecule has 1 aliphatic heterocycles. The summed E-state index contributed by atoms with van der Waals surface area (Å²) in [6.45, 7) is 1.04. The second-order valence-electron chi connectivity index (χ2n) is 2.76. The fraction of sp³-hybridized carbons (Fsp3) is 0.714. The van der Waals surface area contributed by atoms with Crippen LogP contribution in [0.3, 0.4) is 0 Å². The van der Waals surface area contributed by atoms with Gasteiger partial charge in [0.25, 0.3) is 0 Å². The highest BCUT2D eigenvalue weighted by Gasteiger charge is 2.28. The van der Waals surface area contributed by atoms with Gasteiger partial charge in [-0.05, 0) is 0 Å². The molecule has 1 saturated heterocycles. The number of nitrogens with zero attached hydrogens (tertiary/aromatic N) is 1. The standard InChI is InChI=1S/C7H12N2O4/c1-13-6(10)5-4-9(7(11)12)3-2-8-5/h5,8H,2-4H2,1H3,(H,11,12)/t5-/m0/s1. The molecule has 6 heteroatoms. The highest BCUT2D eigenvalue weighted by Crippen LogP contribution is 2.00. The maximum atomic E-state index is 11.0.